The fourth-order valence-electron chi connectivity index (χ4n) is 2.73. The van der Waals surface area contributed by atoms with E-state index in [1.54, 1.807) is 0 Å². The van der Waals surface area contributed by atoms with Crippen molar-refractivity contribution in [3.05, 3.63) is 35.7 Å². The number of halogens is 2. The van der Waals surface area contributed by atoms with Crippen molar-refractivity contribution in [2.24, 2.45) is 0 Å². The van der Waals surface area contributed by atoms with Crippen molar-refractivity contribution in [1.82, 2.24) is 15.5 Å². The van der Waals surface area contributed by atoms with E-state index in [2.05, 4.69) is 15.5 Å². The van der Waals surface area contributed by atoms with Crippen molar-refractivity contribution in [1.29, 1.82) is 0 Å². The number of aromatic nitrogens is 2. The second-order valence-corrected chi connectivity index (χ2v) is 5.68. The Balaban J connectivity index is 1.58. The lowest BCUT2D eigenvalue weighted by molar-refractivity contribution is -0.121. The summed E-state index contributed by atoms with van der Waals surface area (Å²) in [5.41, 5.74) is -0.0598. The summed E-state index contributed by atoms with van der Waals surface area (Å²) in [5.74, 6) is -1.06. The topological polar surface area (TPSA) is 68.0 Å². The second-order valence-electron chi connectivity index (χ2n) is 5.68. The number of aryl methyl sites for hydroxylation is 1. The number of carbonyl (C=O) groups excluding carboxylic acids is 1. The van der Waals surface area contributed by atoms with Crippen LogP contribution < -0.4 is 5.32 Å². The minimum absolute atomic E-state index is 0.0202. The number of nitrogens with zero attached hydrogens (tertiary/aromatic N) is 2. The zero-order chi connectivity index (χ0) is 16.2. The molecule has 0 atom stereocenters. The first kappa shape index (κ1) is 15.6. The Kier molecular flexibility index (Phi) is 4.64. The smallest absolute Gasteiger partial charge is 0.227 e. The molecule has 23 heavy (non-hydrogen) atoms. The third kappa shape index (κ3) is 3.91. The van der Waals surface area contributed by atoms with Crippen LogP contribution in [0, 0.1) is 11.6 Å². The molecule has 7 heteroatoms. The molecule has 1 amide bonds. The molecular weight excluding hydrogens is 304 g/mol. The summed E-state index contributed by atoms with van der Waals surface area (Å²) in [4.78, 5) is 15.9. The molecule has 0 spiro atoms. The highest BCUT2D eigenvalue weighted by Gasteiger charge is 2.18. The minimum Gasteiger partial charge on any atom is -0.353 e. The third-order valence-electron chi connectivity index (χ3n) is 3.92. The first-order valence-electron chi connectivity index (χ1n) is 7.69. The summed E-state index contributed by atoms with van der Waals surface area (Å²) >= 11 is 0. The summed E-state index contributed by atoms with van der Waals surface area (Å²) in [5, 5.41) is 6.61. The Bertz CT molecular complexity index is 696. The summed E-state index contributed by atoms with van der Waals surface area (Å²) in [6.07, 6.45) is 4.84. The monoisotopic (exact) mass is 321 g/mol. The number of hydrogen-bond donors (Lipinski definition) is 1. The molecule has 0 aliphatic heterocycles. The molecule has 5 nitrogen and oxygen atoms in total. The van der Waals surface area contributed by atoms with Gasteiger partial charge in [0.1, 0.15) is 11.6 Å². The number of amides is 1. The Morgan fingerprint density at radius 1 is 1.30 bits per heavy atom. The molecule has 1 fully saturated rings. The average Bonchev–Trinajstić information content (AvgIpc) is 3.19. The van der Waals surface area contributed by atoms with Gasteiger partial charge in [-0.05, 0) is 31.0 Å². The van der Waals surface area contributed by atoms with Gasteiger partial charge in [-0.25, -0.2) is 8.78 Å². The van der Waals surface area contributed by atoms with Crippen LogP contribution >= 0.6 is 0 Å². The Morgan fingerprint density at radius 3 is 2.87 bits per heavy atom. The van der Waals surface area contributed by atoms with Gasteiger partial charge in [0.05, 0.1) is 5.56 Å². The molecule has 1 aliphatic rings. The van der Waals surface area contributed by atoms with Gasteiger partial charge in [0.2, 0.25) is 17.6 Å². The molecule has 0 bridgehead atoms. The van der Waals surface area contributed by atoms with Gasteiger partial charge in [0.25, 0.3) is 0 Å². The molecular formula is C16H17F2N3O2. The predicted octanol–water partition coefficient (Wildman–Crippen LogP) is 3.01. The van der Waals surface area contributed by atoms with E-state index in [9.17, 15) is 13.6 Å². The highest BCUT2D eigenvalue weighted by atomic mass is 19.1. The second kappa shape index (κ2) is 6.85. The van der Waals surface area contributed by atoms with Crippen LogP contribution in [0.1, 0.15) is 38.0 Å². The van der Waals surface area contributed by atoms with Crippen LogP contribution in [0.25, 0.3) is 11.4 Å². The molecule has 0 radical (unpaired) electrons. The minimum atomic E-state index is -0.627. The molecule has 1 aliphatic carbocycles. The Labute approximate surface area is 132 Å². The van der Waals surface area contributed by atoms with E-state index in [1.807, 2.05) is 0 Å². The number of hydrogen-bond acceptors (Lipinski definition) is 4. The summed E-state index contributed by atoms with van der Waals surface area (Å²) in [7, 11) is 0. The van der Waals surface area contributed by atoms with E-state index in [1.165, 1.54) is 0 Å². The quantitative estimate of drug-likeness (QED) is 0.919. The molecule has 0 unspecified atom stereocenters. The van der Waals surface area contributed by atoms with E-state index < -0.39 is 11.6 Å². The lowest BCUT2D eigenvalue weighted by atomic mass is 10.2. The zero-order valence-electron chi connectivity index (χ0n) is 12.5. The maximum atomic E-state index is 13.7. The maximum absolute atomic E-state index is 13.7. The molecule has 0 saturated heterocycles. The van der Waals surface area contributed by atoms with Crippen LogP contribution in [-0.4, -0.2) is 22.1 Å². The van der Waals surface area contributed by atoms with Crippen molar-refractivity contribution in [2.45, 2.75) is 44.6 Å². The predicted molar refractivity (Wildman–Crippen MR) is 78.4 cm³/mol. The van der Waals surface area contributed by atoms with Gasteiger partial charge < -0.3 is 9.84 Å². The van der Waals surface area contributed by atoms with Crippen molar-refractivity contribution in [3.8, 4) is 11.4 Å². The van der Waals surface area contributed by atoms with Crippen molar-refractivity contribution < 1.29 is 18.1 Å². The van der Waals surface area contributed by atoms with E-state index >= 15 is 0 Å². The molecule has 1 aromatic carbocycles. The Morgan fingerprint density at radius 2 is 2.09 bits per heavy atom. The Hall–Kier alpha value is -2.31. The van der Waals surface area contributed by atoms with Crippen LogP contribution in [0.4, 0.5) is 8.78 Å². The zero-order valence-corrected chi connectivity index (χ0v) is 12.5. The molecule has 1 aromatic heterocycles. The standard InChI is InChI=1S/C16H17F2N3O2/c17-10-5-6-13(18)12(9-10)16-20-15(23-21-16)8-7-14(22)19-11-3-1-2-4-11/h5-6,9,11H,1-4,7-8H2,(H,19,22). The fourth-order valence-corrected chi connectivity index (χ4v) is 2.73. The largest absolute Gasteiger partial charge is 0.353 e. The van der Waals surface area contributed by atoms with Crippen LogP contribution in [-0.2, 0) is 11.2 Å². The van der Waals surface area contributed by atoms with Crippen LogP contribution in [0.3, 0.4) is 0 Å². The van der Waals surface area contributed by atoms with Crippen LogP contribution in [0.15, 0.2) is 22.7 Å². The van der Waals surface area contributed by atoms with Gasteiger partial charge in [-0.3, -0.25) is 4.79 Å². The third-order valence-corrected chi connectivity index (χ3v) is 3.92. The molecule has 2 aromatic rings. The summed E-state index contributed by atoms with van der Waals surface area (Å²) < 4.78 is 31.8. The highest BCUT2D eigenvalue weighted by Crippen LogP contribution is 2.21. The van der Waals surface area contributed by atoms with Gasteiger partial charge in [-0.1, -0.05) is 18.0 Å². The molecule has 122 valence electrons. The van der Waals surface area contributed by atoms with Gasteiger partial charge in [0, 0.05) is 18.9 Å². The maximum Gasteiger partial charge on any atom is 0.227 e. The molecule has 1 N–H and O–H groups in total. The first-order valence-corrected chi connectivity index (χ1v) is 7.69. The summed E-state index contributed by atoms with van der Waals surface area (Å²) in [6.45, 7) is 0. The molecule has 1 saturated carbocycles. The number of rotatable bonds is 5. The number of nitrogens with one attached hydrogen (secondary N) is 1. The lowest BCUT2D eigenvalue weighted by Crippen LogP contribution is -2.32. The average molecular weight is 321 g/mol. The van der Waals surface area contributed by atoms with E-state index in [4.69, 9.17) is 4.52 Å². The van der Waals surface area contributed by atoms with Gasteiger partial charge >= 0.3 is 0 Å². The van der Waals surface area contributed by atoms with Gasteiger partial charge in [-0.2, -0.15) is 4.98 Å². The normalized spacial score (nSPS) is 15.0. The number of benzene rings is 1. The highest BCUT2D eigenvalue weighted by molar-refractivity contribution is 5.76. The van der Waals surface area contributed by atoms with E-state index in [0.29, 0.717) is 0 Å². The fraction of sp³-hybridized carbons (Fsp3) is 0.438. The summed E-state index contributed by atoms with van der Waals surface area (Å²) in [6, 6.07) is 3.31. The van der Waals surface area contributed by atoms with E-state index in [0.717, 1.165) is 43.9 Å². The number of carbonyl (C=O) groups is 1. The SMILES string of the molecule is O=C(CCc1nc(-c2cc(F)ccc2F)no1)NC1CCCC1. The van der Waals surface area contributed by atoms with Crippen molar-refractivity contribution in [3.63, 3.8) is 0 Å². The van der Waals surface area contributed by atoms with Crippen molar-refractivity contribution >= 4 is 5.91 Å². The van der Waals surface area contributed by atoms with Crippen LogP contribution in [0.5, 0.6) is 0 Å². The molecule has 3 rings (SSSR count). The van der Waals surface area contributed by atoms with Crippen LogP contribution in [0.2, 0.25) is 0 Å². The first-order chi connectivity index (χ1) is 11.1. The lowest BCUT2D eigenvalue weighted by Gasteiger charge is -2.10. The van der Waals surface area contributed by atoms with Gasteiger partial charge in [0.15, 0.2) is 0 Å². The van der Waals surface area contributed by atoms with Gasteiger partial charge in [-0.15, -0.1) is 0 Å². The van der Waals surface area contributed by atoms with Crippen molar-refractivity contribution in [2.75, 3.05) is 0 Å². The molecule has 1 heterocycles. The van der Waals surface area contributed by atoms with E-state index in [-0.39, 0.29) is 42.1 Å².